The van der Waals surface area contributed by atoms with Crippen molar-refractivity contribution in [2.45, 2.75) is 26.4 Å². The SMILES string of the molecule is CCCn1ncnc1Cn1ccnc1-c1cccs1. The first kappa shape index (κ1) is 12.1. The second kappa shape index (κ2) is 5.36. The largest absolute Gasteiger partial charge is 0.323 e. The lowest BCUT2D eigenvalue weighted by molar-refractivity contribution is 0.555. The number of hydrogen-bond acceptors (Lipinski definition) is 4. The summed E-state index contributed by atoms with van der Waals surface area (Å²) >= 11 is 1.70. The Labute approximate surface area is 115 Å². The molecule has 0 amide bonds. The molecule has 0 bridgehead atoms. The van der Waals surface area contributed by atoms with Crippen molar-refractivity contribution in [3.63, 3.8) is 0 Å². The molecule has 6 heteroatoms. The summed E-state index contributed by atoms with van der Waals surface area (Å²) in [6.07, 6.45) is 6.49. The molecule has 0 fully saturated rings. The summed E-state index contributed by atoms with van der Waals surface area (Å²) in [5, 5.41) is 6.32. The third-order valence-electron chi connectivity index (χ3n) is 2.90. The molecule has 3 aromatic rings. The van der Waals surface area contributed by atoms with Crippen LogP contribution in [0.1, 0.15) is 19.2 Å². The quantitative estimate of drug-likeness (QED) is 0.718. The molecule has 98 valence electrons. The smallest absolute Gasteiger partial charge is 0.150 e. The van der Waals surface area contributed by atoms with Gasteiger partial charge in [-0.2, -0.15) is 5.10 Å². The Morgan fingerprint density at radius 1 is 1.32 bits per heavy atom. The standard InChI is InChI=1S/C13H15N5S/c1-2-6-18-12(15-10-16-18)9-17-7-5-14-13(17)11-4-3-8-19-11/h3-5,7-8,10H,2,6,9H2,1H3. The maximum atomic E-state index is 4.43. The van der Waals surface area contributed by atoms with Crippen molar-refractivity contribution in [2.75, 3.05) is 0 Å². The molecule has 0 aromatic carbocycles. The molecule has 3 heterocycles. The molecular formula is C13H15N5S. The van der Waals surface area contributed by atoms with Gasteiger partial charge in [0.25, 0.3) is 0 Å². The van der Waals surface area contributed by atoms with Gasteiger partial charge >= 0.3 is 0 Å². The topological polar surface area (TPSA) is 48.5 Å². The van der Waals surface area contributed by atoms with Gasteiger partial charge in [-0.15, -0.1) is 11.3 Å². The Morgan fingerprint density at radius 3 is 3.05 bits per heavy atom. The fourth-order valence-electron chi connectivity index (χ4n) is 2.03. The summed E-state index contributed by atoms with van der Waals surface area (Å²) in [4.78, 5) is 9.94. The fraction of sp³-hybridized carbons (Fsp3) is 0.308. The highest BCUT2D eigenvalue weighted by Crippen LogP contribution is 2.23. The van der Waals surface area contributed by atoms with E-state index in [0.717, 1.165) is 24.6 Å². The highest BCUT2D eigenvalue weighted by atomic mass is 32.1. The van der Waals surface area contributed by atoms with Gasteiger partial charge in [0, 0.05) is 18.9 Å². The first-order chi connectivity index (χ1) is 9.38. The maximum Gasteiger partial charge on any atom is 0.150 e. The summed E-state index contributed by atoms with van der Waals surface area (Å²) in [6, 6.07) is 4.12. The van der Waals surface area contributed by atoms with Crippen LogP contribution in [0.2, 0.25) is 0 Å². The maximum absolute atomic E-state index is 4.43. The van der Waals surface area contributed by atoms with E-state index in [9.17, 15) is 0 Å². The lowest BCUT2D eigenvalue weighted by Gasteiger charge is -2.07. The monoisotopic (exact) mass is 273 g/mol. The highest BCUT2D eigenvalue weighted by Gasteiger charge is 2.10. The third kappa shape index (κ3) is 2.44. The van der Waals surface area contributed by atoms with E-state index in [4.69, 9.17) is 0 Å². The molecule has 5 nitrogen and oxygen atoms in total. The number of thiophene rings is 1. The summed E-state index contributed by atoms with van der Waals surface area (Å²) in [5.74, 6) is 1.96. The van der Waals surface area contributed by atoms with E-state index >= 15 is 0 Å². The van der Waals surface area contributed by atoms with Crippen LogP contribution in [0.4, 0.5) is 0 Å². The molecule has 3 aromatic heterocycles. The van der Waals surface area contributed by atoms with Crippen molar-refractivity contribution in [3.05, 3.63) is 42.1 Å². The molecule has 0 N–H and O–H groups in total. The van der Waals surface area contributed by atoms with Crippen molar-refractivity contribution in [1.82, 2.24) is 24.3 Å². The Balaban J connectivity index is 1.88. The molecule has 0 aliphatic carbocycles. The fourth-order valence-corrected chi connectivity index (χ4v) is 2.77. The first-order valence-corrected chi connectivity index (χ1v) is 7.18. The van der Waals surface area contributed by atoms with Crippen LogP contribution in [-0.2, 0) is 13.1 Å². The van der Waals surface area contributed by atoms with Gasteiger partial charge in [-0.3, -0.25) is 0 Å². The molecule has 0 atom stereocenters. The van der Waals surface area contributed by atoms with Crippen LogP contribution in [-0.4, -0.2) is 24.3 Å². The zero-order chi connectivity index (χ0) is 13.1. The second-order valence-corrected chi connectivity index (χ2v) is 5.20. The van der Waals surface area contributed by atoms with Crippen LogP contribution in [0.3, 0.4) is 0 Å². The van der Waals surface area contributed by atoms with Crippen LogP contribution >= 0.6 is 11.3 Å². The number of aryl methyl sites for hydroxylation is 1. The van der Waals surface area contributed by atoms with Gasteiger partial charge < -0.3 is 4.57 Å². The Hall–Kier alpha value is -1.95. The van der Waals surface area contributed by atoms with Gasteiger partial charge in [0.1, 0.15) is 18.0 Å². The Bertz CT molecular complexity index is 638. The summed E-state index contributed by atoms with van der Waals surface area (Å²) in [6.45, 7) is 3.74. The molecular weight excluding hydrogens is 258 g/mol. The van der Waals surface area contributed by atoms with Gasteiger partial charge in [-0.05, 0) is 17.9 Å². The highest BCUT2D eigenvalue weighted by molar-refractivity contribution is 7.13. The van der Waals surface area contributed by atoms with Gasteiger partial charge in [0.2, 0.25) is 0 Å². The average Bonchev–Trinajstić information content (AvgIpc) is 3.12. The van der Waals surface area contributed by atoms with Gasteiger partial charge in [0.15, 0.2) is 0 Å². The average molecular weight is 273 g/mol. The summed E-state index contributed by atoms with van der Waals surface area (Å²) < 4.78 is 4.07. The molecule has 0 aliphatic rings. The minimum Gasteiger partial charge on any atom is -0.323 e. The van der Waals surface area contributed by atoms with Crippen molar-refractivity contribution in [3.8, 4) is 10.7 Å². The van der Waals surface area contributed by atoms with Crippen LogP contribution < -0.4 is 0 Å². The van der Waals surface area contributed by atoms with E-state index in [1.807, 2.05) is 23.1 Å². The molecule has 19 heavy (non-hydrogen) atoms. The first-order valence-electron chi connectivity index (χ1n) is 6.30. The zero-order valence-electron chi connectivity index (χ0n) is 10.7. The number of nitrogens with zero attached hydrogens (tertiary/aromatic N) is 5. The van der Waals surface area contributed by atoms with E-state index in [1.54, 1.807) is 17.7 Å². The Kier molecular flexibility index (Phi) is 3.41. The predicted octanol–water partition coefficient (Wildman–Crippen LogP) is 2.66. The lowest BCUT2D eigenvalue weighted by Crippen LogP contribution is -2.10. The van der Waals surface area contributed by atoms with E-state index < -0.39 is 0 Å². The van der Waals surface area contributed by atoms with Crippen molar-refractivity contribution in [2.24, 2.45) is 0 Å². The second-order valence-electron chi connectivity index (χ2n) is 4.26. The summed E-state index contributed by atoms with van der Waals surface area (Å²) in [7, 11) is 0. The van der Waals surface area contributed by atoms with E-state index in [-0.39, 0.29) is 0 Å². The number of rotatable bonds is 5. The van der Waals surface area contributed by atoms with Crippen molar-refractivity contribution < 1.29 is 0 Å². The van der Waals surface area contributed by atoms with Crippen LogP contribution in [0.25, 0.3) is 10.7 Å². The molecule has 0 aliphatic heterocycles. The summed E-state index contributed by atoms with van der Waals surface area (Å²) in [5.41, 5.74) is 0. The number of aromatic nitrogens is 5. The van der Waals surface area contributed by atoms with Gasteiger partial charge in [0.05, 0.1) is 11.4 Å². The van der Waals surface area contributed by atoms with E-state index in [0.29, 0.717) is 6.54 Å². The van der Waals surface area contributed by atoms with Gasteiger partial charge in [-0.25, -0.2) is 14.6 Å². The zero-order valence-corrected chi connectivity index (χ0v) is 11.5. The normalized spacial score (nSPS) is 11.0. The van der Waals surface area contributed by atoms with Crippen molar-refractivity contribution in [1.29, 1.82) is 0 Å². The van der Waals surface area contributed by atoms with Crippen LogP contribution in [0.5, 0.6) is 0 Å². The van der Waals surface area contributed by atoms with Crippen LogP contribution in [0, 0.1) is 0 Å². The van der Waals surface area contributed by atoms with Crippen molar-refractivity contribution >= 4 is 11.3 Å². The predicted molar refractivity (Wildman–Crippen MR) is 75.0 cm³/mol. The number of imidazole rings is 1. The minimum absolute atomic E-state index is 0.702. The van der Waals surface area contributed by atoms with Gasteiger partial charge in [-0.1, -0.05) is 13.0 Å². The molecule has 0 saturated heterocycles. The molecule has 0 spiro atoms. The van der Waals surface area contributed by atoms with E-state index in [1.165, 1.54) is 4.88 Å². The van der Waals surface area contributed by atoms with E-state index in [2.05, 4.69) is 38.0 Å². The third-order valence-corrected chi connectivity index (χ3v) is 3.77. The minimum atomic E-state index is 0.702. The molecule has 0 saturated carbocycles. The number of hydrogen-bond donors (Lipinski definition) is 0. The molecule has 3 rings (SSSR count). The molecule has 0 unspecified atom stereocenters. The Morgan fingerprint density at radius 2 is 2.26 bits per heavy atom. The van der Waals surface area contributed by atoms with Crippen LogP contribution in [0.15, 0.2) is 36.2 Å². The lowest BCUT2D eigenvalue weighted by atomic mass is 10.4. The molecule has 0 radical (unpaired) electrons.